The van der Waals surface area contributed by atoms with Gasteiger partial charge in [-0.25, -0.2) is 14.4 Å². The Morgan fingerprint density at radius 2 is 1.64 bits per heavy atom. The van der Waals surface area contributed by atoms with E-state index < -0.39 is 5.82 Å². The molecule has 0 spiro atoms. The summed E-state index contributed by atoms with van der Waals surface area (Å²) >= 11 is 0. The van der Waals surface area contributed by atoms with Crippen LogP contribution in [0.2, 0.25) is 0 Å². The minimum absolute atomic E-state index is 0.279. The van der Waals surface area contributed by atoms with Gasteiger partial charge in [-0.05, 0) is 24.6 Å². The molecule has 0 radical (unpaired) electrons. The topological polar surface area (TPSA) is 42.9 Å². The lowest BCUT2D eigenvalue weighted by atomic mass is 10.1. The first-order chi connectivity index (χ1) is 10.7. The van der Waals surface area contributed by atoms with Crippen LogP contribution in [-0.4, -0.2) is 16.3 Å². The van der Waals surface area contributed by atoms with Crippen molar-refractivity contribution >= 4 is 6.29 Å². The Morgan fingerprint density at radius 1 is 0.955 bits per heavy atom. The van der Waals surface area contributed by atoms with Crippen LogP contribution in [0.5, 0.6) is 0 Å². The van der Waals surface area contributed by atoms with Gasteiger partial charge in [0, 0.05) is 23.5 Å². The van der Waals surface area contributed by atoms with E-state index in [2.05, 4.69) is 9.97 Å². The molecule has 0 amide bonds. The second-order valence-corrected chi connectivity index (χ2v) is 5.02. The Bertz CT molecular complexity index is 811. The van der Waals surface area contributed by atoms with Crippen LogP contribution < -0.4 is 0 Å². The molecule has 0 bridgehead atoms. The summed E-state index contributed by atoms with van der Waals surface area (Å²) in [7, 11) is 0. The molecule has 4 heteroatoms. The van der Waals surface area contributed by atoms with E-state index >= 15 is 0 Å². The minimum atomic E-state index is -0.507. The van der Waals surface area contributed by atoms with Crippen molar-refractivity contribution in [2.75, 3.05) is 0 Å². The van der Waals surface area contributed by atoms with Gasteiger partial charge in [-0.2, -0.15) is 0 Å². The predicted molar refractivity (Wildman–Crippen MR) is 83.0 cm³/mol. The Labute approximate surface area is 127 Å². The van der Waals surface area contributed by atoms with E-state index in [1.54, 1.807) is 18.5 Å². The molecule has 3 aromatic rings. The third-order valence-electron chi connectivity index (χ3n) is 3.41. The molecule has 1 heterocycles. The number of aldehydes is 1. The molecule has 0 saturated heterocycles. The maximum Gasteiger partial charge on any atom is 0.162 e. The first-order valence-corrected chi connectivity index (χ1v) is 6.81. The van der Waals surface area contributed by atoms with Crippen molar-refractivity contribution in [2.24, 2.45) is 0 Å². The highest BCUT2D eigenvalue weighted by Gasteiger charge is 2.09. The van der Waals surface area contributed by atoms with Crippen molar-refractivity contribution in [1.82, 2.24) is 9.97 Å². The van der Waals surface area contributed by atoms with Gasteiger partial charge in [-0.3, -0.25) is 4.79 Å². The molecule has 0 aliphatic rings. The lowest BCUT2D eigenvalue weighted by Crippen LogP contribution is -1.94. The molecule has 3 nitrogen and oxygen atoms in total. The quantitative estimate of drug-likeness (QED) is 0.683. The number of aromatic nitrogens is 2. The van der Waals surface area contributed by atoms with Crippen LogP contribution in [-0.2, 0) is 0 Å². The number of carbonyl (C=O) groups is 1. The van der Waals surface area contributed by atoms with Crippen molar-refractivity contribution in [3.8, 4) is 22.5 Å². The highest BCUT2D eigenvalue weighted by Crippen LogP contribution is 2.23. The van der Waals surface area contributed by atoms with Gasteiger partial charge < -0.3 is 0 Å². The van der Waals surface area contributed by atoms with Crippen LogP contribution in [0.15, 0.2) is 54.9 Å². The van der Waals surface area contributed by atoms with Gasteiger partial charge in [0.25, 0.3) is 0 Å². The van der Waals surface area contributed by atoms with Gasteiger partial charge in [0.05, 0.1) is 5.56 Å². The fourth-order valence-electron chi connectivity index (χ4n) is 2.15. The third kappa shape index (κ3) is 2.76. The summed E-state index contributed by atoms with van der Waals surface area (Å²) in [6, 6.07) is 12.3. The van der Waals surface area contributed by atoms with Crippen LogP contribution in [0, 0.1) is 12.7 Å². The number of benzene rings is 2. The minimum Gasteiger partial charge on any atom is -0.298 e. The van der Waals surface area contributed by atoms with Gasteiger partial charge >= 0.3 is 0 Å². The molecule has 0 N–H and O–H groups in total. The van der Waals surface area contributed by atoms with Crippen LogP contribution >= 0.6 is 0 Å². The van der Waals surface area contributed by atoms with Crippen molar-refractivity contribution < 1.29 is 9.18 Å². The fourth-order valence-corrected chi connectivity index (χ4v) is 2.15. The Hall–Kier alpha value is -2.88. The number of rotatable bonds is 3. The van der Waals surface area contributed by atoms with Crippen molar-refractivity contribution in [1.29, 1.82) is 0 Å². The van der Waals surface area contributed by atoms with Crippen LogP contribution in [0.25, 0.3) is 22.5 Å². The highest BCUT2D eigenvalue weighted by molar-refractivity contribution is 5.76. The lowest BCUT2D eigenvalue weighted by molar-refractivity contribution is 0.112. The molecule has 0 aliphatic carbocycles. The van der Waals surface area contributed by atoms with E-state index in [1.165, 1.54) is 17.7 Å². The number of halogens is 1. The van der Waals surface area contributed by atoms with Crippen molar-refractivity contribution in [3.05, 3.63) is 71.8 Å². The van der Waals surface area contributed by atoms with E-state index in [0.717, 1.165) is 11.1 Å². The van der Waals surface area contributed by atoms with E-state index in [1.807, 2.05) is 31.2 Å². The molecule has 2 aromatic carbocycles. The van der Waals surface area contributed by atoms with Crippen LogP contribution in [0.4, 0.5) is 4.39 Å². The monoisotopic (exact) mass is 292 g/mol. The molecule has 22 heavy (non-hydrogen) atoms. The average molecular weight is 292 g/mol. The number of nitrogens with zero attached hydrogens (tertiary/aromatic N) is 2. The standard InChI is InChI=1S/C18H13FN2O/c1-12-2-5-14(6-3-12)15-9-20-18(21-10-15)16-7-4-13(11-22)8-17(16)19/h2-11H,1H3. The summed E-state index contributed by atoms with van der Waals surface area (Å²) in [4.78, 5) is 19.1. The van der Waals surface area contributed by atoms with E-state index in [-0.39, 0.29) is 11.1 Å². The number of hydrogen-bond acceptors (Lipinski definition) is 3. The SMILES string of the molecule is Cc1ccc(-c2cnc(-c3ccc(C=O)cc3F)nc2)cc1. The first-order valence-electron chi connectivity index (χ1n) is 6.81. The summed E-state index contributed by atoms with van der Waals surface area (Å²) in [5.41, 5.74) is 3.62. The normalized spacial score (nSPS) is 10.5. The summed E-state index contributed by atoms with van der Waals surface area (Å²) in [6.45, 7) is 2.02. The molecular weight excluding hydrogens is 279 g/mol. The molecule has 0 saturated carbocycles. The first kappa shape index (κ1) is 14.1. The fraction of sp³-hybridized carbons (Fsp3) is 0.0556. The predicted octanol–water partition coefficient (Wildman–Crippen LogP) is 4.07. The van der Waals surface area contributed by atoms with Gasteiger partial charge in [0.2, 0.25) is 0 Å². The van der Waals surface area contributed by atoms with E-state index in [4.69, 9.17) is 0 Å². The molecule has 3 rings (SSSR count). The smallest absolute Gasteiger partial charge is 0.162 e. The Balaban J connectivity index is 1.94. The summed E-state index contributed by atoms with van der Waals surface area (Å²) in [6.07, 6.45) is 3.94. The third-order valence-corrected chi connectivity index (χ3v) is 3.41. The van der Waals surface area contributed by atoms with Gasteiger partial charge in [-0.15, -0.1) is 0 Å². The van der Waals surface area contributed by atoms with Gasteiger partial charge in [0.15, 0.2) is 5.82 Å². The van der Waals surface area contributed by atoms with Gasteiger partial charge in [0.1, 0.15) is 12.1 Å². The Morgan fingerprint density at radius 3 is 2.23 bits per heavy atom. The maximum atomic E-state index is 14.0. The van der Waals surface area contributed by atoms with Crippen molar-refractivity contribution in [3.63, 3.8) is 0 Å². The highest BCUT2D eigenvalue weighted by atomic mass is 19.1. The van der Waals surface area contributed by atoms with Gasteiger partial charge in [-0.1, -0.05) is 35.9 Å². The lowest BCUT2D eigenvalue weighted by Gasteiger charge is -2.05. The molecule has 1 aromatic heterocycles. The van der Waals surface area contributed by atoms with E-state index in [0.29, 0.717) is 12.1 Å². The van der Waals surface area contributed by atoms with Crippen molar-refractivity contribution in [2.45, 2.75) is 6.92 Å². The molecular formula is C18H13FN2O. The van der Waals surface area contributed by atoms with E-state index in [9.17, 15) is 9.18 Å². The largest absolute Gasteiger partial charge is 0.298 e. The average Bonchev–Trinajstić information content (AvgIpc) is 2.56. The number of hydrogen-bond donors (Lipinski definition) is 0. The summed E-state index contributed by atoms with van der Waals surface area (Å²) in [5, 5.41) is 0. The zero-order chi connectivity index (χ0) is 15.5. The zero-order valence-corrected chi connectivity index (χ0v) is 12.0. The molecule has 0 fully saturated rings. The molecule has 0 aliphatic heterocycles. The summed E-state index contributed by atoms with van der Waals surface area (Å²) < 4.78 is 14.0. The Kier molecular flexibility index (Phi) is 3.74. The number of carbonyl (C=O) groups excluding carboxylic acids is 1. The molecule has 108 valence electrons. The van der Waals surface area contributed by atoms with Crippen LogP contribution in [0.1, 0.15) is 15.9 Å². The second-order valence-electron chi connectivity index (χ2n) is 5.02. The zero-order valence-electron chi connectivity index (χ0n) is 12.0. The molecule has 0 unspecified atom stereocenters. The maximum absolute atomic E-state index is 14.0. The summed E-state index contributed by atoms with van der Waals surface area (Å²) in [5.74, 6) is -0.210. The molecule has 0 atom stereocenters. The number of aryl methyl sites for hydroxylation is 1. The second kappa shape index (κ2) is 5.85. The van der Waals surface area contributed by atoms with Crippen LogP contribution in [0.3, 0.4) is 0 Å².